The first-order chi connectivity index (χ1) is 7.71. The maximum atomic E-state index is 13.5. The molecule has 1 unspecified atom stereocenters. The molecule has 0 saturated heterocycles. The molecule has 0 aliphatic rings. The summed E-state index contributed by atoms with van der Waals surface area (Å²) in [5.41, 5.74) is 0.121. The van der Waals surface area contributed by atoms with Crippen LogP contribution in [0, 0.1) is 11.2 Å². The molecule has 1 rings (SSSR count). The molecular formula is C13H15Br2FO. The molecule has 0 aromatic heterocycles. The van der Waals surface area contributed by atoms with Crippen LogP contribution in [0.3, 0.4) is 0 Å². The van der Waals surface area contributed by atoms with E-state index in [9.17, 15) is 9.18 Å². The maximum Gasteiger partial charge on any atom is 0.152 e. The molecule has 1 atom stereocenters. The van der Waals surface area contributed by atoms with Crippen LogP contribution < -0.4 is 0 Å². The van der Waals surface area contributed by atoms with Crippen LogP contribution in [0.5, 0.6) is 0 Å². The minimum absolute atomic E-state index is 0.0804. The fraction of sp³-hybridized carbons (Fsp3) is 0.462. The number of hydrogen-bond donors (Lipinski definition) is 0. The van der Waals surface area contributed by atoms with Crippen LogP contribution in [0.2, 0.25) is 0 Å². The Balaban J connectivity index is 2.85. The molecule has 17 heavy (non-hydrogen) atoms. The van der Waals surface area contributed by atoms with Crippen molar-refractivity contribution < 1.29 is 9.18 Å². The number of carbonyl (C=O) groups is 1. The highest BCUT2D eigenvalue weighted by molar-refractivity contribution is 9.10. The van der Waals surface area contributed by atoms with E-state index in [0.29, 0.717) is 12.0 Å². The van der Waals surface area contributed by atoms with Gasteiger partial charge in [0.05, 0.1) is 4.83 Å². The van der Waals surface area contributed by atoms with E-state index in [1.165, 1.54) is 6.07 Å². The largest absolute Gasteiger partial charge is 0.298 e. The van der Waals surface area contributed by atoms with Gasteiger partial charge in [-0.1, -0.05) is 52.6 Å². The van der Waals surface area contributed by atoms with Gasteiger partial charge < -0.3 is 0 Å². The van der Waals surface area contributed by atoms with E-state index in [4.69, 9.17) is 0 Å². The molecule has 0 heterocycles. The Hall–Kier alpha value is -0.220. The van der Waals surface area contributed by atoms with Crippen molar-refractivity contribution in [2.24, 2.45) is 5.41 Å². The van der Waals surface area contributed by atoms with Gasteiger partial charge in [0.1, 0.15) is 5.82 Å². The SMILES string of the molecule is CC(C)(C)C(=O)C(Br)Cc1cc(Br)ccc1F. The Labute approximate surface area is 118 Å². The average molecular weight is 366 g/mol. The van der Waals surface area contributed by atoms with Crippen molar-refractivity contribution in [1.82, 2.24) is 0 Å². The molecule has 0 N–H and O–H groups in total. The van der Waals surface area contributed by atoms with E-state index in [2.05, 4.69) is 31.9 Å². The third kappa shape index (κ3) is 4.18. The van der Waals surface area contributed by atoms with E-state index in [-0.39, 0.29) is 16.4 Å². The van der Waals surface area contributed by atoms with Gasteiger partial charge in [0.2, 0.25) is 0 Å². The highest BCUT2D eigenvalue weighted by Gasteiger charge is 2.28. The van der Waals surface area contributed by atoms with Gasteiger partial charge in [0.25, 0.3) is 0 Å². The lowest BCUT2D eigenvalue weighted by Gasteiger charge is -2.20. The molecule has 1 nitrogen and oxygen atoms in total. The van der Waals surface area contributed by atoms with Gasteiger partial charge in [-0.2, -0.15) is 0 Å². The fourth-order valence-corrected chi connectivity index (χ4v) is 2.90. The first-order valence-electron chi connectivity index (χ1n) is 5.34. The molecule has 0 fully saturated rings. The van der Waals surface area contributed by atoms with Gasteiger partial charge in [0, 0.05) is 9.89 Å². The normalized spacial score (nSPS) is 13.5. The van der Waals surface area contributed by atoms with Crippen LogP contribution in [-0.4, -0.2) is 10.6 Å². The number of benzene rings is 1. The second-order valence-corrected chi connectivity index (χ2v) is 7.04. The Morgan fingerprint density at radius 3 is 2.53 bits per heavy atom. The van der Waals surface area contributed by atoms with Gasteiger partial charge in [-0.3, -0.25) is 4.79 Å². The zero-order valence-electron chi connectivity index (χ0n) is 10.1. The van der Waals surface area contributed by atoms with Crippen LogP contribution in [0.15, 0.2) is 22.7 Å². The van der Waals surface area contributed by atoms with Crippen molar-refractivity contribution in [2.45, 2.75) is 32.0 Å². The Kier molecular flexibility index (Phi) is 4.90. The Morgan fingerprint density at radius 2 is 2.00 bits per heavy atom. The predicted molar refractivity (Wildman–Crippen MR) is 75.0 cm³/mol. The average Bonchev–Trinajstić information content (AvgIpc) is 2.21. The molecular weight excluding hydrogens is 351 g/mol. The molecule has 0 bridgehead atoms. The fourth-order valence-electron chi connectivity index (χ4n) is 1.46. The number of rotatable bonds is 3. The highest BCUT2D eigenvalue weighted by atomic mass is 79.9. The molecule has 0 aliphatic carbocycles. The topological polar surface area (TPSA) is 17.1 Å². The number of hydrogen-bond acceptors (Lipinski definition) is 1. The number of Topliss-reactive ketones (excluding diaryl/α,β-unsaturated/α-hetero) is 1. The number of ketones is 1. The van der Waals surface area contributed by atoms with E-state index in [0.717, 1.165) is 4.47 Å². The smallest absolute Gasteiger partial charge is 0.152 e. The van der Waals surface area contributed by atoms with E-state index < -0.39 is 5.41 Å². The summed E-state index contributed by atoms with van der Waals surface area (Å²) in [7, 11) is 0. The van der Waals surface area contributed by atoms with Crippen molar-refractivity contribution in [1.29, 1.82) is 0 Å². The third-order valence-electron chi connectivity index (χ3n) is 2.43. The summed E-state index contributed by atoms with van der Waals surface area (Å²) in [4.78, 5) is 11.6. The van der Waals surface area contributed by atoms with Crippen LogP contribution in [0.25, 0.3) is 0 Å². The Bertz CT molecular complexity index is 424. The summed E-state index contributed by atoms with van der Waals surface area (Å²) in [5.74, 6) is -0.198. The van der Waals surface area contributed by atoms with Crippen molar-refractivity contribution in [3.63, 3.8) is 0 Å². The van der Waals surface area contributed by atoms with E-state index >= 15 is 0 Å². The van der Waals surface area contributed by atoms with Gasteiger partial charge in [-0.25, -0.2) is 4.39 Å². The summed E-state index contributed by atoms with van der Waals surface area (Å²) in [6.07, 6.45) is 0.362. The third-order valence-corrected chi connectivity index (χ3v) is 3.66. The second kappa shape index (κ2) is 5.61. The monoisotopic (exact) mass is 364 g/mol. The van der Waals surface area contributed by atoms with Crippen LogP contribution in [-0.2, 0) is 11.2 Å². The molecule has 0 spiro atoms. The first kappa shape index (κ1) is 14.8. The first-order valence-corrected chi connectivity index (χ1v) is 7.05. The zero-order valence-corrected chi connectivity index (χ0v) is 13.2. The van der Waals surface area contributed by atoms with Crippen LogP contribution in [0.4, 0.5) is 4.39 Å². The highest BCUT2D eigenvalue weighted by Crippen LogP contribution is 2.25. The summed E-state index contributed by atoms with van der Waals surface area (Å²) in [6.45, 7) is 5.59. The molecule has 0 amide bonds. The molecule has 94 valence electrons. The van der Waals surface area contributed by atoms with Gasteiger partial charge in [-0.05, 0) is 30.2 Å². The number of carbonyl (C=O) groups excluding carboxylic acids is 1. The summed E-state index contributed by atoms with van der Waals surface area (Å²) in [5, 5.41) is 0. The minimum atomic E-state index is -0.420. The molecule has 0 saturated carbocycles. The van der Waals surface area contributed by atoms with Gasteiger partial charge in [-0.15, -0.1) is 0 Å². The lowest BCUT2D eigenvalue weighted by atomic mass is 9.87. The van der Waals surface area contributed by atoms with Crippen LogP contribution in [0.1, 0.15) is 26.3 Å². The van der Waals surface area contributed by atoms with Crippen molar-refractivity contribution >= 4 is 37.6 Å². The van der Waals surface area contributed by atoms with Gasteiger partial charge >= 0.3 is 0 Å². The summed E-state index contributed by atoms with van der Waals surface area (Å²) >= 11 is 6.64. The Morgan fingerprint density at radius 1 is 1.41 bits per heavy atom. The molecule has 0 radical (unpaired) electrons. The number of alkyl halides is 1. The van der Waals surface area contributed by atoms with Crippen molar-refractivity contribution in [3.05, 3.63) is 34.1 Å². The number of halogens is 3. The quantitative estimate of drug-likeness (QED) is 0.720. The summed E-state index contributed by atoms with van der Waals surface area (Å²) in [6, 6.07) is 4.76. The van der Waals surface area contributed by atoms with Crippen LogP contribution >= 0.6 is 31.9 Å². The lowest BCUT2D eigenvalue weighted by molar-refractivity contribution is -0.125. The van der Waals surface area contributed by atoms with E-state index in [1.54, 1.807) is 12.1 Å². The molecule has 0 aliphatic heterocycles. The molecule has 4 heteroatoms. The van der Waals surface area contributed by atoms with Crippen molar-refractivity contribution in [2.75, 3.05) is 0 Å². The minimum Gasteiger partial charge on any atom is -0.298 e. The lowest BCUT2D eigenvalue weighted by Crippen LogP contribution is -2.30. The van der Waals surface area contributed by atoms with Crippen molar-refractivity contribution in [3.8, 4) is 0 Å². The zero-order chi connectivity index (χ0) is 13.2. The molecule has 1 aromatic carbocycles. The van der Waals surface area contributed by atoms with Gasteiger partial charge in [0.15, 0.2) is 5.78 Å². The molecule has 1 aromatic rings. The van der Waals surface area contributed by atoms with E-state index in [1.807, 2.05) is 20.8 Å². The standard InChI is InChI=1S/C13H15Br2FO/c1-13(2,3)12(17)10(15)7-8-6-9(14)4-5-11(8)16/h4-6,10H,7H2,1-3H3. The summed E-state index contributed by atoms with van der Waals surface area (Å²) < 4.78 is 14.4. The maximum absolute atomic E-state index is 13.5. The predicted octanol–water partition coefficient (Wildman–Crippen LogP) is 4.51. The second-order valence-electron chi connectivity index (χ2n) is 5.02.